The van der Waals surface area contributed by atoms with E-state index in [0.29, 0.717) is 22.1 Å². The van der Waals surface area contributed by atoms with Crippen LogP contribution in [-0.4, -0.2) is 23.0 Å². The van der Waals surface area contributed by atoms with Crippen LogP contribution in [0.3, 0.4) is 0 Å². The zero-order valence-electron chi connectivity index (χ0n) is 12.7. The summed E-state index contributed by atoms with van der Waals surface area (Å²) in [7, 11) is 0. The smallest absolute Gasteiger partial charge is 0.267 e. The molecule has 0 radical (unpaired) electrons. The third kappa shape index (κ3) is 2.55. The molecule has 0 saturated carbocycles. The fraction of sp³-hybridized carbons (Fsp3) is 0. The molecule has 4 nitrogen and oxygen atoms in total. The molecule has 0 aliphatic carbocycles. The van der Waals surface area contributed by atoms with Gasteiger partial charge in [-0.15, -0.1) is 0 Å². The van der Waals surface area contributed by atoms with Crippen molar-refractivity contribution < 1.29 is 14.0 Å². The first-order valence-corrected chi connectivity index (χ1v) is 8.25. The molecule has 0 aromatic heterocycles. The van der Waals surface area contributed by atoms with Crippen LogP contribution in [0.2, 0.25) is 0 Å². The van der Waals surface area contributed by atoms with E-state index < -0.39 is 17.6 Å². The van der Waals surface area contributed by atoms with Crippen molar-refractivity contribution in [2.45, 2.75) is 0 Å². The number of rotatable bonds is 2. The third-order valence-electron chi connectivity index (χ3n) is 4.02. The van der Waals surface area contributed by atoms with Crippen molar-refractivity contribution in [2.24, 2.45) is 5.10 Å². The topological polar surface area (TPSA) is 49.7 Å². The summed E-state index contributed by atoms with van der Waals surface area (Å²) >= 11 is 3.09. The van der Waals surface area contributed by atoms with Crippen LogP contribution in [0.15, 0.2) is 64.2 Å². The number of halogens is 2. The molecule has 0 atom stereocenters. The van der Waals surface area contributed by atoms with E-state index in [0.717, 1.165) is 10.4 Å². The molecular formula is C19H10BrFN2O2. The number of benzene rings is 3. The largest absolute Gasteiger partial charge is 0.282 e. The van der Waals surface area contributed by atoms with Gasteiger partial charge in [-0.25, -0.2) is 4.39 Å². The van der Waals surface area contributed by atoms with Gasteiger partial charge in [-0.1, -0.05) is 30.3 Å². The van der Waals surface area contributed by atoms with Crippen LogP contribution in [0.25, 0.3) is 10.8 Å². The van der Waals surface area contributed by atoms with E-state index in [-0.39, 0.29) is 4.47 Å². The highest BCUT2D eigenvalue weighted by molar-refractivity contribution is 9.10. The average Bonchev–Trinajstić information content (AvgIpc) is 2.62. The number of hydrogen-bond acceptors (Lipinski definition) is 3. The van der Waals surface area contributed by atoms with E-state index in [1.807, 2.05) is 12.1 Å². The number of carbonyl (C=O) groups is 2. The molecular weight excluding hydrogens is 387 g/mol. The van der Waals surface area contributed by atoms with Gasteiger partial charge >= 0.3 is 0 Å². The molecule has 0 unspecified atom stereocenters. The van der Waals surface area contributed by atoms with Crippen molar-refractivity contribution in [3.8, 4) is 0 Å². The fourth-order valence-electron chi connectivity index (χ4n) is 2.84. The number of amides is 2. The van der Waals surface area contributed by atoms with Gasteiger partial charge in [-0.05, 0) is 51.1 Å². The number of imide groups is 1. The molecule has 3 aromatic carbocycles. The van der Waals surface area contributed by atoms with Crippen molar-refractivity contribution in [1.82, 2.24) is 5.01 Å². The Bertz CT molecular complexity index is 1030. The van der Waals surface area contributed by atoms with Gasteiger partial charge in [-0.3, -0.25) is 9.59 Å². The predicted molar refractivity (Wildman–Crippen MR) is 96.1 cm³/mol. The molecule has 122 valence electrons. The van der Waals surface area contributed by atoms with Crippen molar-refractivity contribution in [3.05, 3.63) is 81.6 Å². The van der Waals surface area contributed by atoms with Gasteiger partial charge in [0.15, 0.2) is 0 Å². The minimum Gasteiger partial charge on any atom is -0.267 e. The van der Waals surface area contributed by atoms with E-state index in [1.54, 1.807) is 24.3 Å². The molecule has 1 aliphatic rings. The van der Waals surface area contributed by atoms with E-state index in [2.05, 4.69) is 21.0 Å². The Kier molecular flexibility index (Phi) is 3.69. The molecule has 0 fully saturated rings. The van der Waals surface area contributed by atoms with Gasteiger partial charge in [0.1, 0.15) is 5.82 Å². The highest BCUT2D eigenvalue weighted by Gasteiger charge is 2.32. The summed E-state index contributed by atoms with van der Waals surface area (Å²) in [4.78, 5) is 25.4. The molecule has 0 spiro atoms. The van der Waals surface area contributed by atoms with Crippen molar-refractivity contribution in [3.63, 3.8) is 0 Å². The Labute approximate surface area is 150 Å². The maximum Gasteiger partial charge on any atom is 0.282 e. The molecule has 0 bridgehead atoms. The lowest BCUT2D eigenvalue weighted by Gasteiger charge is -2.22. The first kappa shape index (κ1) is 15.7. The first-order chi connectivity index (χ1) is 12.1. The van der Waals surface area contributed by atoms with Gasteiger partial charge < -0.3 is 0 Å². The lowest BCUT2D eigenvalue weighted by Crippen LogP contribution is -2.36. The van der Waals surface area contributed by atoms with Crippen LogP contribution in [0.4, 0.5) is 4.39 Å². The summed E-state index contributed by atoms with van der Waals surface area (Å²) < 4.78 is 13.6. The summed E-state index contributed by atoms with van der Waals surface area (Å²) in [5.74, 6) is -1.36. The predicted octanol–water partition coefficient (Wildman–Crippen LogP) is 4.37. The Morgan fingerprint density at radius 1 is 0.960 bits per heavy atom. The fourth-order valence-corrected chi connectivity index (χ4v) is 3.24. The molecule has 3 aromatic rings. The Morgan fingerprint density at radius 3 is 2.20 bits per heavy atom. The van der Waals surface area contributed by atoms with Gasteiger partial charge in [0.05, 0.1) is 21.8 Å². The monoisotopic (exact) mass is 396 g/mol. The lowest BCUT2D eigenvalue weighted by atomic mass is 9.95. The zero-order chi connectivity index (χ0) is 17.6. The highest BCUT2D eigenvalue weighted by Crippen LogP contribution is 2.30. The highest BCUT2D eigenvalue weighted by atomic mass is 79.9. The number of hydrazone groups is 1. The summed E-state index contributed by atoms with van der Waals surface area (Å²) in [6.07, 6.45) is 1.36. The molecule has 4 rings (SSSR count). The number of nitrogens with zero attached hydrogens (tertiary/aromatic N) is 2. The van der Waals surface area contributed by atoms with E-state index >= 15 is 0 Å². The zero-order valence-corrected chi connectivity index (χ0v) is 14.3. The van der Waals surface area contributed by atoms with Crippen molar-refractivity contribution in [1.29, 1.82) is 0 Å². The minimum absolute atomic E-state index is 0.280. The maximum absolute atomic E-state index is 13.3. The number of hydrogen-bond donors (Lipinski definition) is 0. The second-order valence-corrected chi connectivity index (χ2v) is 6.40. The standard InChI is InChI=1S/C19H10BrFN2O2/c20-15-9-11(7-8-16(15)21)10-22-23-18(24)13-5-1-3-12-4-2-6-14(17(12)13)19(23)25/h1-10H/b22-10-. The van der Waals surface area contributed by atoms with Gasteiger partial charge in [0.25, 0.3) is 11.8 Å². The van der Waals surface area contributed by atoms with Gasteiger partial charge in [0.2, 0.25) is 0 Å². The van der Waals surface area contributed by atoms with Gasteiger partial charge in [0, 0.05) is 5.39 Å². The molecule has 1 heterocycles. The second-order valence-electron chi connectivity index (χ2n) is 5.55. The first-order valence-electron chi connectivity index (χ1n) is 7.46. The van der Waals surface area contributed by atoms with Crippen LogP contribution in [0.1, 0.15) is 26.3 Å². The maximum atomic E-state index is 13.3. The van der Waals surface area contributed by atoms with Crippen molar-refractivity contribution >= 4 is 44.7 Å². The van der Waals surface area contributed by atoms with Crippen LogP contribution >= 0.6 is 15.9 Å². The molecule has 0 N–H and O–H groups in total. The van der Waals surface area contributed by atoms with Crippen LogP contribution in [0, 0.1) is 5.82 Å². The van der Waals surface area contributed by atoms with Crippen LogP contribution in [0.5, 0.6) is 0 Å². The minimum atomic E-state index is -0.480. The molecule has 6 heteroatoms. The molecule has 0 saturated heterocycles. The van der Waals surface area contributed by atoms with E-state index in [1.165, 1.54) is 24.4 Å². The Hall–Kier alpha value is -2.86. The summed E-state index contributed by atoms with van der Waals surface area (Å²) in [5.41, 5.74) is 1.43. The van der Waals surface area contributed by atoms with E-state index in [4.69, 9.17) is 0 Å². The molecule has 1 aliphatic heterocycles. The lowest BCUT2D eigenvalue weighted by molar-refractivity contribution is 0.0616. The average molecular weight is 397 g/mol. The molecule has 25 heavy (non-hydrogen) atoms. The number of carbonyl (C=O) groups excluding carboxylic acids is 2. The van der Waals surface area contributed by atoms with Crippen molar-refractivity contribution in [2.75, 3.05) is 0 Å². The summed E-state index contributed by atoms with van der Waals surface area (Å²) in [5, 5.41) is 6.36. The van der Waals surface area contributed by atoms with Crippen LogP contribution in [-0.2, 0) is 0 Å². The summed E-state index contributed by atoms with van der Waals surface area (Å²) in [6, 6.07) is 14.9. The van der Waals surface area contributed by atoms with Crippen LogP contribution < -0.4 is 0 Å². The Balaban J connectivity index is 1.77. The SMILES string of the molecule is O=C1c2cccc3cccc(c23)C(=O)N1/N=C\c1ccc(F)c(Br)c1. The summed E-state index contributed by atoms with van der Waals surface area (Å²) in [6.45, 7) is 0. The normalized spacial score (nSPS) is 13.9. The quantitative estimate of drug-likeness (QED) is 0.476. The molecule has 2 amide bonds. The Morgan fingerprint density at radius 2 is 1.60 bits per heavy atom. The second kappa shape index (κ2) is 5.89. The third-order valence-corrected chi connectivity index (χ3v) is 4.62. The van der Waals surface area contributed by atoms with Gasteiger partial charge in [-0.2, -0.15) is 10.1 Å². The van der Waals surface area contributed by atoms with E-state index in [9.17, 15) is 14.0 Å².